The number of hydrogen-bond acceptors (Lipinski definition) is 1. The first-order chi connectivity index (χ1) is 6.84. The van der Waals surface area contributed by atoms with Gasteiger partial charge >= 0.3 is 0 Å². The highest BCUT2D eigenvalue weighted by Crippen LogP contribution is 2.19. The summed E-state index contributed by atoms with van der Waals surface area (Å²) in [6, 6.07) is 10.4. The lowest BCUT2D eigenvalue weighted by Gasteiger charge is -2.15. The predicted octanol–water partition coefficient (Wildman–Crippen LogP) is 2.76. The second-order valence-electron chi connectivity index (χ2n) is 3.81. The Morgan fingerprint density at radius 2 is 2.00 bits per heavy atom. The quantitative estimate of drug-likeness (QED) is 0.694. The molecule has 1 atom stereocenters. The van der Waals surface area contributed by atoms with Crippen LogP contribution < -0.4 is 0 Å². The second kappa shape index (κ2) is 4.23. The van der Waals surface area contributed by atoms with E-state index in [1.54, 1.807) is 6.08 Å². The molecule has 1 aromatic rings. The van der Waals surface area contributed by atoms with Crippen molar-refractivity contribution in [2.75, 3.05) is 0 Å². The molecule has 1 aliphatic carbocycles. The molecule has 0 amide bonds. The highest BCUT2D eigenvalue weighted by molar-refractivity contribution is 5.90. The van der Waals surface area contributed by atoms with Gasteiger partial charge in [0.2, 0.25) is 0 Å². The van der Waals surface area contributed by atoms with Gasteiger partial charge in [-0.25, -0.2) is 0 Å². The van der Waals surface area contributed by atoms with E-state index in [0.29, 0.717) is 12.3 Å². The minimum absolute atomic E-state index is 0.273. The lowest BCUT2D eigenvalue weighted by molar-refractivity contribution is -0.115. The molecule has 0 heterocycles. The molecule has 0 fully saturated rings. The normalized spacial score (nSPS) is 21.1. The molecule has 2 rings (SSSR count). The van der Waals surface area contributed by atoms with Crippen LogP contribution in [0.3, 0.4) is 0 Å². The molecule has 0 radical (unpaired) electrons. The number of allylic oxidation sites excluding steroid dienone is 2. The smallest absolute Gasteiger partial charge is 0.155 e. The van der Waals surface area contributed by atoms with Gasteiger partial charge in [-0.3, -0.25) is 4.79 Å². The SMILES string of the molecule is O=C1C=CC(Cc2ccccc2)CC1. The molecule has 0 aliphatic heterocycles. The van der Waals surface area contributed by atoms with Crippen molar-refractivity contribution in [3.63, 3.8) is 0 Å². The summed E-state index contributed by atoms with van der Waals surface area (Å²) in [5.74, 6) is 0.824. The Morgan fingerprint density at radius 3 is 2.64 bits per heavy atom. The summed E-state index contributed by atoms with van der Waals surface area (Å²) in [5.41, 5.74) is 1.36. The van der Waals surface area contributed by atoms with E-state index < -0.39 is 0 Å². The molecule has 0 bridgehead atoms. The van der Waals surface area contributed by atoms with Crippen LogP contribution in [0.15, 0.2) is 42.5 Å². The lowest BCUT2D eigenvalue weighted by atomic mass is 9.90. The summed E-state index contributed by atoms with van der Waals surface area (Å²) in [6.07, 6.45) is 6.57. The minimum Gasteiger partial charge on any atom is -0.295 e. The molecular weight excluding hydrogens is 172 g/mol. The molecule has 0 saturated heterocycles. The maximum absolute atomic E-state index is 11.0. The van der Waals surface area contributed by atoms with E-state index in [4.69, 9.17) is 0 Å². The van der Waals surface area contributed by atoms with E-state index in [0.717, 1.165) is 12.8 Å². The zero-order chi connectivity index (χ0) is 9.80. The molecule has 1 heteroatoms. The van der Waals surface area contributed by atoms with Gasteiger partial charge in [-0.15, -0.1) is 0 Å². The molecule has 72 valence electrons. The zero-order valence-electron chi connectivity index (χ0n) is 8.15. The van der Waals surface area contributed by atoms with Crippen LogP contribution in [-0.4, -0.2) is 5.78 Å². The lowest BCUT2D eigenvalue weighted by Crippen LogP contribution is -2.09. The van der Waals surface area contributed by atoms with E-state index in [2.05, 4.69) is 30.3 Å². The predicted molar refractivity (Wildman–Crippen MR) is 57.0 cm³/mol. The van der Waals surface area contributed by atoms with Crippen LogP contribution in [0, 0.1) is 5.92 Å². The maximum Gasteiger partial charge on any atom is 0.155 e. The first-order valence-electron chi connectivity index (χ1n) is 5.09. The molecule has 0 N–H and O–H groups in total. The summed E-state index contributed by atoms with van der Waals surface area (Å²) < 4.78 is 0. The van der Waals surface area contributed by atoms with Gasteiger partial charge in [-0.1, -0.05) is 36.4 Å². The summed E-state index contributed by atoms with van der Waals surface area (Å²) >= 11 is 0. The number of rotatable bonds is 2. The van der Waals surface area contributed by atoms with E-state index in [1.165, 1.54) is 5.56 Å². The average Bonchev–Trinajstić information content (AvgIpc) is 2.23. The Kier molecular flexibility index (Phi) is 2.78. The fourth-order valence-electron chi connectivity index (χ4n) is 1.84. The number of hydrogen-bond donors (Lipinski definition) is 0. The van der Waals surface area contributed by atoms with Crippen molar-refractivity contribution in [3.05, 3.63) is 48.0 Å². The molecule has 14 heavy (non-hydrogen) atoms. The Balaban J connectivity index is 1.99. The van der Waals surface area contributed by atoms with Crippen LogP contribution in [0.2, 0.25) is 0 Å². The van der Waals surface area contributed by atoms with Crippen LogP contribution in [0.1, 0.15) is 18.4 Å². The van der Waals surface area contributed by atoms with Gasteiger partial charge < -0.3 is 0 Å². The molecule has 0 aromatic heterocycles. The van der Waals surface area contributed by atoms with Gasteiger partial charge in [0, 0.05) is 6.42 Å². The zero-order valence-corrected chi connectivity index (χ0v) is 8.15. The van der Waals surface area contributed by atoms with Gasteiger partial charge in [0.15, 0.2) is 5.78 Å². The van der Waals surface area contributed by atoms with E-state index >= 15 is 0 Å². The Hall–Kier alpha value is -1.37. The van der Waals surface area contributed by atoms with Gasteiger partial charge in [0.1, 0.15) is 0 Å². The fraction of sp³-hybridized carbons (Fsp3) is 0.308. The molecule has 1 nitrogen and oxygen atoms in total. The van der Waals surface area contributed by atoms with Crippen molar-refractivity contribution >= 4 is 5.78 Å². The highest BCUT2D eigenvalue weighted by atomic mass is 16.1. The molecule has 1 aliphatic rings. The number of ketones is 1. The summed E-state index contributed by atoms with van der Waals surface area (Å²) in [5, 5.41) is 0. The fourth-order valence-corrected chi connectivity index (χ4v) is 1.84. The number of benzene rings is 1. The van der Waals surface area contributed by atoms with Crippen molar-refractivity contribution in [2.24, 2.45) is 5.92 Å². The Labute approximate surface area is 84.5 Å². The summed E-state index contributed by atoms with van der Waals surface area (Å²) in [7, 11) is 0. The molecular formula is C13H14O. The third kappa shape index (κ3) is 2.32. The van der Waals surface area contributed by atoms with Crippen LogP contribution in [0.25, 0.3) is 0 Å². The standard InChI is InChI=1S/C13H14O/c14-13-8-6-12(7-9-13)10-11-4-2-1-3-5-11/h1-6,8,12H,7,9-10H2. The van der Waals surface area contributed by atoms with E-state index in [1.807, 2.05) is 6.07 Å². The van der Waals surface area contributed by atoms with E-state index in [9.17, 15) is 4.79 Å². The maximum atomic E-state index is 11.0. The molecule has 0 saturated carbocycles. The number of carbonyl (C=O) groups is 1. The molecule has 1 aromatic carbocycles. The van der Waals surface area contributed by atoms with Crippen LogP contribution >= 0.6 is 0 Å². The monoisotopic (exact) mass is 186 g/mol. The summed E-state index contributed by atoms with van der Waals surface area (Å²) in [6.45, 7) is 0. The van der Waals surface area contributed by atoms with Crippen LogP contribution in [-0.2, 0) is 11.2 Å². The van der Waals surface area contributed by atoms with Gasteiger partial charge in [-0.2, -0.15) is 0 Å². The van der Waals surface area contributed by atoms with Crippen molar-refractivity contribution in [2.45, 2.75) is 19.3 Å². The third-order valence-electron chi connectivity index (χ3n) is 2.66. The average molecular weight is 186 g/mol. The van der Waals surface area contributed by atoms with Gasteiger partial charge in [-0.05, 0) is 30.4 Å². The molecule has 0 spiro atoms. The highest BCUT2D eigenvalue weighted by Gasteiger charge is 2.12. The largest absolute Gasteiger partial charge is 0.295 e. The van der Waals surface area contributed by atoms with Crippen molar-refractivity contribution < 1.29 is 4.79 Å². The molecule has 1 unspecified atom stereocenters. The Bertz CT molecular complexity index is 338. The topological polar surface area (TPSA) is 17.1 Å². The minimum atomic E-state index is 0.273. The van der Waals surface area contributed by atoms with Crippen molar-refractivity contribution in [3.8, 4) is 0 Å². The van der Waals surface area contributed by atoms with E-state index in [-0.39, 0.29) is 5.78 Å². The Morgan fingerprint density at radius 1 is 1.21 bits per heavy atom. The van der Waals surface area contributed by atoms with Crippen molar-refractivity contribution in [1.29, 1.82) is 0 Å². The first-order valence-corrected chi connectivity index (χ1v) is 5.09. The van der Waals surface area contributed by atoms with Gasteiger partial charge in [0.25, 0.3) is 0 Å². The van der Waals surface area contributed by atoms with Crippen LogP contribution in [0.5, 0.6) is 0 Å². The van der Waals surface area contributed by atoms with Crippen molar-refractivity contribution in [1.82, 2.24) is 0 Å². The second-order valence-corrected chi connectivity index (χ2v) is 3.81. The summed E-state index contributed by atoms with van der Waals surface area (Å²) in [4.78, 5) is 11.0. The number of carbonyl (C=O) groups excluding carboxylic acids is 1. The van der Waals surface area contributed by atoms with Gasteiger partial charge in [0.05, 0.1) is 0 Å². The first kappa shape index (κ1) is 9.20. The third-order valence-corrected chi connectivity index (χ3v) is 2.66. The van der Waals surface area contributed by atoms with Crippen LogP contribution in [0.4, 0.5) is 0 Å².